The molecule has 19 heavy (non-hydrogen) atoms. The molecule has 1 atom stereocenters. The van der Waals surface area contributed by atoms with Crippen molar-refractivity contribution in [3.63, 3.8) is 0 Å². The van der Waals surface area contributed by atoms with Gasteiger partial charge in [0, 0.05) is 23.7 Å². The first-order chi connectivity index (χ1) is 9.29. The van der Waals surface area contributed by atoms with Crippen LogP contribution in [0.2, 0.25) is 0 Å². The van der Waals surface area contributed by atoms with Crippen LogP contribution in [0.1, 0.15) is 48.5 Å². The quantitative estimate of drug-likeness (QED) is 0.805. The largest absolute Gasteiger partial charge is 0.304 e. The molecular weight excluding hydrogens is 252 g/mol. The van der Waals surface area contributed by atoms with Crippen molar-refractivity contribution in [1.29, 1.82) is 0 Å². The van der Waals surface area contributed by atoms with E-state index in [1.807, 2.05) is 6.92 Å². The molecule has 2 nitrogen and oxygen atoms in total. The van der Waals surface area contributed by atoms with Crippen LogP contribution in [0, 0.1) is 6.92 Å². The highest BCUT2D eigenvalue weighted by molar-refractivity contribution is 7.09. The lowest BCUT2D eigenvalue weighted by molar-refractivity contribution is 0.480. The summed E-state index contributed by atoms with van der Waals surface area (Å²) >= 11 is 1.74. The molecule has 0 bridgehead atoms. The van der Waals surface area contributed by atoms with Gasteiger partial charge in [0.25, 0.3) is 0 Å². The van der Waals surface area contributed by atoms with Crippen LogP contribution in [0.15, 0.2) is 35.7 Å². The monoisotopic (exact) mass is 274 g/mol. The highest BCUT2D eigenvalue weighted by atomic mass is 32.1. The Bertz CT molecular complexity index is 479. The Morgan fingerprint density at radius 1 is 1.26 bits per heavy atom. The van der Waals surface area contributed by atoms with Crippen molar-refractivity contribution < 1.29 is 0 Å². The van der Waals surface area contributed by atoms with Crippen LogP contribution >= 0.6 is 11.3 Å². The second-order valence-electron chi connectivity index (χ2n) is 4.87. The van der Waals surface area contributed by atoms with E-state index >= 15 is 0 Å². The number of nitrogens with zero attached hydrogens (tertiary/aromatic N) is 1. The first-order valence-electron chi connectivity index (χ1n) is 6.99. The van der Waals surface area contributed by atoms with E-state index in [9.17, 15) is 0 Å². The molecule has 1 heterocycles. The third kappa shape index (κ3) is 4.44. The van der Waals surface area contributed by atoms with Gasteiger partial charge in [-0.3, -0.25) is 0 Å². The summed E-state index contributed by atoms with van der Waals surface area (Å²) in [6.07, 6.45) is 3.68. The van der Waals surface area contributed by atoms with Crippen molar-refractivity contribution in [3.8, 4) is 0 Å². The van der Waals surface area contributed by atoms with Crippen LogP contribution < -0.4 is 5.32 Å². The summed E-state index contributed by atoms with van der Waals surface area (Å²) in [6.45, 7) is 5.15. The van der Waals surface area contributed by atoms with Gasteiger partial charge in [0.05, 0.1) is 0 Å². The van der Waals surface area contributed by atoms with Gasteiger partial charge < -0.3 is 5.32 Å². The third-order valence-electron chi connectivity index (χ3n) is 3.21. The molecule has 0 radical (unpaired) electrons. The molecular formula is C16H22N2S. The van der Waals surface area contributed by atoms with Gasteiger partial charge in [-0.05, 0) is 18.9 Å². The summed E-state index contributed by atoms with van der Waals surface area (Å²) < 4.78 is 0. The van der Waals surface area contributed by atoms with Gasteiger partial charge in [-0.2, -0.15) is 0 Å². The van der Waals surface area contributed by atoms with E-state index in [0.717, 1.165) is 12.2 Å². The number of aryl methyl sites for hydroxylation is 1. The van der Waals surface area contributed by atoms with Gasteiger partial charge in [0.1, 0.15) is 5.01 Å². The summed E-state index contributed by atoms with van der Waals surface area (Å²) in [7, 11) is 0. The zero-order valence-electron chi connectivity index (χ0n) is 11.7. The van der Waals surface area contributed by atoms with E-state index in [-0.39, 0.29) is 0 Å². The summed E-state index contributed by atoms with van der Waals surface area (Å²) in [5, 5.41) is 6.94. The summed E-state index contributed by atoms with van der Waals surface area (Å²) in [4.78, 5) is 4.51. The minimum Gasteiger partial charge on any atom is -0.304 e. The van der Waals surface area contributed by atoms with Crippen molar-refractivity contribution in [3.05, 3.63) is 52.0 Å². The fourth-order valence-corrected chi connectivity index (χ4v) is 2.90. The molecule has 1 aromatic carbocycles. The number of nitrogens with one attached hydrogen (secondary N) is 1. The molecule has 3 heteroatoms. The molecule has 102 valence electrons. The summed E-state index contributed by atoms with van der Waals surface area (Å²) in [5.74, 6) is 0. The molecule has 0 aliphatic heterocycles. The maximum absolute atomic E-state index is 4.51. The summed E-state index contributed by atoms with van der Waals surface area (Å²) in [6, 6.07) is 11.2. The van der Waals surface area contributed by atoms with Crippen LogP contribution in [0.4, 0.5) is 0 Å². The molecule has 0 saturated carbocycles. The molecule has 0 aliphatic rings. The van der Waals surface area contributed by atoms with Gasteiger partial charge in [-0.1, -0.05) is 50.1 Å². The minimum absolute atomic E-state index is 0.436. The second kappa shape index (κ2) is 7.41. The van der Waals surface area contributed by atoms with E-state index in [2.05, 4.69) is 52.9 Å². The maximum atomic E-state index is 4.51. The van der Waals surface area contributed by atoms with Crippen molar-refractivity contribution in [2.24, 2.45) is 0 Å². The van der Waals surface area contributed by atoms with E-state index in [1.165, 1.54) is 29.8 Å². The van der Waals surface area contributed by atoms with Crippen LogP contribution in [-0.2, 0) is 6.54 Å². The van der Waals surface area contributed by atoms with E-state index < -0.39 is 0 Å². The Morgan fingerprint density at radius 3 is 2.68 bits per heavy atom. The number of benzene rings is 1. The standard InChI is InChI=1S/C16H22N2S/c1-3-4-10-15(14-8-6-5-7-9-14)17-11-16-18-13(2)12-19-16/h5-9,12,15,17H,3-4,10-11H2,1-2H3. The average molecular weight is 274 g/mol. The fraction of sp³-hybridized carbons (Fsp3) is 0.438. The Morgan fingerprint density at radius 2 is 2.05 bits per heavy atom. The number of unbranched alkanes of at least 4 members (excludes halogenated alkanes) is 1. The van der Waals surface area contributed by atoms with Gasteiger partial charge in [0.15, 0.2) is 0 Å². The Hall–Kier alpha value is -1.19. The number of hydrogen-bond donors (Lipinski definition) is 1. The van der Waals surface area contributed by atoms with Gasteiger partial charge in [0.2, 0.25) is 0 Å². The highest BCUT2D eigenvalue weighted by Crippen LogP contribution is 2.20. The SMILES string of the molecule is CCCCC(NCc1nc(C)cs1)c1ccccc1. The number of aromatic nitrogens is 1. The van der Waals surface area contributed by atoms with Crippen molar-refractivity contribution >= 4 is 11.3 Å². The lowest BCUT2D eigenvalue weighted by Gasteiger charge is -2.18. The zero-order chi connectivity index (χ0) is 13.5. The predicted octanol–water partition coefficient (Wildman–Crippen LogP) is 4.47. The molecule has 1 N–H and O–H groups in total. The molecule has 2 aromatic rings. The predicted molar refractivity (Wildman–Crippen MR) is 82.4 cm³/mol. The van der Waals surface area contributed by atoms with E-state index in [4.69, 9.17) is 0 Å². The fourth-order valence-electron chi connectivity index (χ4n) is 2.17. The van der Waals surface area contributed by atoms with Gasteiger partial charge in [-0.25, -0.2) is 4.98 Å². The molecule has 1 unspecified atom stereocenters. The number of hydrogen-bond acceptors (Lipinski definition) is 3. The van der Waals surface area contributed by atoms with Crippen LogP contribution in [0.3, 0.4) is 0 Å². The van der Waals surface area contributed by atoms with E-state index in [1.54, 1.807) is 11.3 Å². The molecule has 0 aliphatic carbocycles. The Kier molecular flexibility index (Phi) is 5.55. The molecule has 2 rings (SSSR count). The molecule has 0 amide bonds. The van der Waals surface area contributed by atoms with E-state index in [0.29, 0.717) is 6.04 Å². The maximum Gasteiger partial charge on any atom is 0.107 e. The first-order valence-corrected chi connectivity index (χ1v) is 7.87. The van der Waals surface area contributed by atoms with Gasteiger partial charge in [-0.15, -0.1) is 11.3 Å². The van der Waals surface area contributed by atoms with Crippen molar-refractivity contribution in [1.82, 2.24) is 10.3 Å². The molecule has 0 spiro atoms. The normalized spacial score (nSPS) is 12.5. The zero-order valence-corrected chi connectivity index (χ0v) is 12.5. The Balaban J connectivity index is 1.97. The number of thiazole rings is 1. The van der Waals surface area contributed by atoms with Gasteiger partial charge >= 0.3 is 0 Å². The highest BCUT2D eigenvalue weighted by Gasteiger charge is 2.10. The van der Waals surface area contributed by atoms with Crippen LogP contribution in [0.5, 0.6) is 0 Å². The van der Waals surface area contributed by atoms with Crippen LogP contribution in [0.25, 0.3) is 0 Å². The lowest BCUT2D eigenvalue weighted by Crippen LogP contribution is -2.20. The topological polar surface area (TPSA) is 24.9 Å². The second-order valence-corrected chi connectivity index (χ2v) is 5.81. The first kappa shape index (κ1) is 14.2. The lowest BCUT2D eigenvalue weighted by atomic mass is 10.0. The smallest absolute Gasteiger partial charge is 0.107 e. The minimum atomic E-state index is 0.436. The number of rotatable bonds is 7. The average Bonchev–Trinajstić information content (AvgIpc) is 2.86. The van der Waals surface area contributed by atoms with Crippen molar-refractivity contribution in [2.75, 3.05) is 0 Å². The van der Waals surface area contributed by atoms with Crippen LogP contribution in [-0.4, -0.2) is 4.98 Å². The molecule has 0 fully saturated rings. The third-order valence-corrected chi connectivity index (χ3v) is 4.18. The summed E-state index contributed by atoms with van der Waals surface area (Å²) in [5.41, 5.74) is 2.50. The van der Waals surface area contributed by atoms with Crippen molar-refractivity contribution in [2.45, 2.75) is 45.7 Å². The molecule has 0 saturated heterocycles. The molecule has 1 aromatic heterocycles. The Labute approximate surface area is 119 Å².